The van der Waals surface area contributed by atoms with Crippen LogP contribution in [0.25, 0.3) is 11.3 Å². The summed E-state index contributed by atoms with van der Waals surface area (Å²) in [7, 11) is 0. The maximum absolute atomic E-state index is 13.0. The second-order valence-corrected chi connectivity index (χ2v) is 6.75. The van der Waals surface area contributed by atoms with Gasteiger partial charge in [-0.25, -0.2) is 14.4 Å². The lowest BCUT2D eigenvalue weighted by Crippen LogP contribution is -2.36. The third kappa shape index (κ3) is 4.75. The van der Waals surface area contributed by atoms with Crippen molar-refractivity contribution in [1.29, 1.82) is 0 Å². The first-order chi connectivity index (χ1) is 14.2. The van der Waals surface area contributed by atoms with Gasteiger partial charge in [0.15, 0.2) is 0 Å². The highest BCUT2D eigenvalue weighted by Crippen LogP contribution is 2.22. The summed E-state index contributed by atoms with van der Waals surface area (Å²) in [5.41, 5.74) is 3.11. The number of benzene rings is 2. The van der Waals surface area contributed by atoms with E-state index in [4.69, 9.17) is 4.74 Å². The largest absolute Gasteiger partial charge is 0.378 e. The van der Waals surface area contributed by atoms with Gasteiger partial charge < -0.3 is 15.0 Å². The van der Waals surface area contributed by atoms with Gasteiger partial charge >= 0.3 is 0 Å². The monoisotopic (exact) mass is 392 g/mol. The molecular weight excluding hydrogens is 371 g/mol. The molecule has 0 saturated carbocycles. The number of carbonyl (C=O) groups is 1. The highest BCUT2D eigenvalue weighted by Gasteiger charge is 2.14. The standard InChI is InChI=1S/C22H21FN4O2/c23-19-7-1-16(2-8-19)14-24-22(28)18-5-3-17(4-6-18)20-13-21(26-15-25-20)27-9-11-29-12-10-27/h1-8,13,15H,9-12,14H2,(H,24,28). The molecule has 0 unspecified atom stereocenters. The minimum absolute atomic E-state index is 0.183. The third-order valence-electron chi connectivity index (χ3n) is 4.80. The molecule has 0 atom stereocenters. The molecule has 1 aliphatic rings. The first-order valence-corrected chi connectivity index (χ1v) is 9.47. The van der Waals surface area contributed by atoms with Crippen LogP contribution >= 0.6 is 0 Å². The van der Waals surface area contributed by atoms with Gasteiger partial charge in [-0.1, -0.05) is 24.3 Å². The number of rotatable bonds is 5. The van der Waals surface area contributed by atoms with Crippen molar-refractivity contribution in [3.05, 3.63) is 77.9 Å². The average Bonchev–Trinajstić information content (AvgIpc) is 2.79. The minimum Gasteiger partial charge on any atom is -0.378 e. The summed E-state index contributed by atoms with van der Waals surface area (Å²) >= 11 is 0. The molecule has 0 aliphatic carbocycles. The SMILES string of the molecule is O=C(NCc1ccc(F)cc1)c1ccc(-c2cc(N3CCOCC3)ncn2)cc1. The molecule has 1 saturated heterocycles. The fourth-order valence-corrected chi connectivity index (χ4v) is 3.15. The highest BCUT2D eigenvalue weighted by molar-refractivity contribution is 5.94. The van der Waals surface area contributed by atoms with Crippen LogP contribution in [-0.4, -0.2) is 42.2 Å². The van der Waals surface area contributed by atoms with Crippen LogP contribution in [0.3, 0.4) is 0 Å². The Morgan fingerprint density at radius 3 is 2.48 bits per heavy atom. The second-order valence-electron chi connectivity index (χ2n) is 6.75. The summed E-state index contributed by atoms with van der Waals surface area (Å²) < 4.78 is 18.3. The number of nitrogens with zero attached hydrogens (tertiary/aromatic N) is 3. The quantitative estimate of drug-likeness (QED) is 0.723. The number of anilines is 1. The van der Waals surface area contributed by atoms with E-state index in [-0.39, 0.29) is 11.7 Å². The fraction of sp³-hybridized carbons (Fsp3) is 0.227. The van der Waals surface area contributed by atoms with Gasteiger partial charge in [0.2, 0.25) is 0 Å². The number of ether oxygens (including phenoxy) is 1. The summed E-state index contributed by atoms with van der Waals surface area (Å²) in [5.74, 6) is 0.397. The van der Waals surface area contributed by atoms with E-state index in [0.717, 1.165) is 35.7 Å². The Bertz CT molecular complexity index is 971. The number of aromatic nitrogens is 2. The van der Waals surface area contributed by atoms with Gasteiger partial charge in [0.1, 0.15) is 18.0 Å². The smallest absolute Gasteiger partial charge is 0.251 e. The lowest BCUT2D eigenvalue weighted by atomic mass is 10.1. The van der Waals surface area contributed by atoms with Crippen molar-refractivity contribution in [2.45, 2.75) is 6.54 Å². The first-order valence-electron chi connectivity index (χ1n) is 9.47. The van der Waals surface area contributed by atoms with Crippen LogP contribution in [0.2, 0.25) is 0 Å². The molecule has 29 heavy (non-hydrogen) atoms. The number of carbonyl (C=O) groups excluding carboxylic acids is 1. The highest BCUT2D eigenvalue weighted by atomic mass is 19.1. The predicted molar refractivity (Wildman–Crippen MR) is 108 cm³/mol. The van der Waals surface area contributed by atoms with Crippen molar-refractivity contribution < 1.29 is 13.9 Å². The molecule has 0 radical (unpaired) electrons. The molecule has 1 amide bonds. The zero-order valence-corrected chi connectivity index (χ0v) is 15.8. The van der Waals surface area contributed by atoms with Gasteiger partial charge in [-0.3, -0.25) is 4.79 Å². The van der Waals surface area contributed by atoms with Gasteiger partial charge in [-0.05, 0) is 29.8 Å². The topological polar surface area (TPSA) is 67.4 Å². The molecule has 4 rings (SSSR count). The minimum atomic E-state index is -0.294. The molecule has 148 valence electrons. The van der Waals surface area contributed by atoms with E-state index in [2.05, 4.69) is 20.2 Å². The molecule has 0 bridgehead atoms. The van der Waals surface area contributed by atoms with Gasteiger partial charge in [0.05, 0.1) is 18.9 Å². The molecule has 1 aromatic heterocycles. The van der Waals surface area contributed by atoms with Crippen LogP contribution in [0.4, 0.5) is 10.2 Å². The van der Waals surface area contributed by atoms with Gasteiger partial charge in [-0.15, -0.1) is 0 Å². The van der Waals surface area contributed by atoms with Crippen LogP contribution in [0.1, 0.15) is 15.9 Å². The van der Waals surface area contributed by atoms with Crippen LogP contribution in [0.5, 0.6) is 0 Å². The van der Waals surface area contributed by atoms with E-state index in [1.807, 2.05) is 18.2 Å². The summed E-state index contributed by atoms with van der Waals surface area (Å²) in [6, 6.07) is 15.3. The van der Waals surface area contributed by atoms with Crippen molar-refractivity contribution in [3.8, 4) is 11.3 Å². The molecule has 2 heterocycles. The van der Waals surface area contributed by atoms with Crippen LogP contribution < -0.4 is 10.2 Å². The van der Waals surface area contributed by atoms with E-state index in [1.54, 1.807) is 30.6 Å². The Kier molecular flexibility index (Phi) is 5.76. The van der Waals surface area contributed by atoms with Crippen molar-refractivity contribution >= 4 is 11.7 Å². The maximum atomic E-state index is 13.0. The lowest BCUT2D eigenvalue weighted by Gasteiger charge is -2.27. The number of hydrogen-bond acceptors (Lipinski definition) is 5. The van der Waals surface area contributed by atoms with Crippen LogP contribution in [-0.2, 0) is 11.3 Å². The van der Waals surface area contributed by atoms with Gasteiger partial charge in [0.25, 0.3) is 5.91 Å². The number of hydrogen-bond donors (Lipinski definition) is 1. The summed E-state index contributed by atoms with van der Waals surface area (Å²) in [5, 5.41) is 2.84. The van der Waals surface area contributed by atoms with Crippen molar-refractivity contribution in [2.24, 2.45) is 0 Å². The first kappa shape index (κ1) is 19.0. The zero-order chi connectivity index (χ0) is 20.1. The predicted octanol–water partition coefficient (Wildman–Crippen LogP) is 3.05. The molecular formula is C22H21FN4O2. The molecule has 1 fully saturated rings. The van der Waals surface area contributed by atoms with Crippen LogP contribution in [0.15, 0.2) is 60.9 Å². The van der Waals surface area contributed by atoms with E-state index >= 15 is 0 Å². The van der Waals surface area contributed by atoms with Crippen molar-refractivity contribution in [2.75, 3.05) is 31.2 Å². The Morgan fingerprint density at radius 2 is 1.76 bits per heavy atom. The molecule has 1 N–H and O–H groups in total. The zero-order valence-electron chi connectivity index (χ0n) is 15.8. The normalized spacial score (nSPS) is 13.9. The Morgan fingerprint density at radius 1 is 1.03 bits per heavy atom. The van der Waals surface area contributed by atoms with Crippen LogP contribution in [0, 0.1) is 5.82 Å². The summed E-state index contributed by atoms with van der Waals surface area (Å²) in [4.78, 5) is 23.3. The Balaban J connectivity index is 1.42. The Labute approximate surface area is 168 Å². The number of halogens is 1. The summed E-state index contributed by atoms with van der Waals surface area (Å²) in [6.45, 7) is 3.35. The van der Waals surface area contributed by atoms with Gasteiger partial charge in [-0.2, -0.15) is 0 Å². The number of morpholine rings is 1. The Hall–Kier alpha value is -3.32. The second kappa shape index (κ2) is 8.79. The molecule has 1 aliphatic heterocycles. The number of nitrogens with one attached hydrogen (secondary N) is 1. The molecule has 7 heteroatoms. The average molecular weight is 392 g/mol. The van der Waals surface area contributed by atoms with Crippen molar-refractivity contribution in [3.63, 3.8) is 0 Å². The summed E-state index contributed by atoms with van der Waals surface area (Å²) in [6.07, 6.45) is 1.56. The maximum Gasteiger partial charge on any atom is 0.251 e. The van der Waals surface area contributed by atoms with E-state index < -0.39 is 0 Å². The van der Waals surface area contributed by atoms with Gasteiger partial charge in [0, 0.05) is 36.8 Å². The number of amides is 1. The van der Waals surface area contributed by atoms with E-state index in [9.17, 15) is 9.18 Å². The molecule has 0 spiro atoms. The van der Waals surface area contributed by atoms with Crippen molar-refractivity contribution in [1.82, 2.24) is 15.3 Å². The lowest BCUT2D eigenvalue weighted by molar-refractivity contribution is 0.0951. The fourth-order valence-electron chi connectivity index (χ4n) is 3.15. The molecule has 2 aromatic carbocycles. The van der Waals surface area contributed by atoms with E-state index in [1.165, 1.54) is 12.1 Å². The van der Waals surface area contributed by atoms with E-state index in [0.29, 0.717) is 25.3 Å². The molecule has 6 nitrogen and oxygen atoms in total. The molecule has 3 aromatic rings. The third-order valence-corrected chi connectivity index (χ3v) is 4.80.